The molecule has 10 heteroatoms. The zero-order valence-electron chi connectivity index (χ0n) is 20.9. The number of fused-ring (bicyclic) bond motifs is 1. The number of rotatable bonds is 4. The average Bonchev–Trinajstić information content (AvgIpc) is 3.52. The summed E-state index contributed by atoms with van der Waals surface area (Å²) >= 11 is 1.26. The molecule has 1 fully saturated rings. The summed E-state index contributed by atoms with van der Waals surface area (Å²) in [5.74, 6) is -0.325. The van der Waals surface area contributed by atoms with Crippen LogP contribution in [0.25, 0.3) is 16.6 Å². The number of nitriles is 1. The summed E-state index contributed by atoms with van der Waals surface area (Å²) in [5, 5.41) is 18.5. The molecule has 1 atom stereocenters. The minimum absolute atomic E-state index is 0.0286. The largest absolute Gasteiger partial charge is 0.444 e. The molecule has 1 aliphatic rings. The van der Waals surface area contributed by atoms with E-state index >= 15 is 0 Å². The summed E-state index contributed by atoms with van der Waals surface area (Å²) in [4.78, 5) is 15.5. The van der Waals surface area contributed by atoms with Crippen LogP contribution < -0.4 is 0 Å². The van der Waals surface area contributed by atoms with E-state index in [0.717, 1.165) is 28.9 Å². The number of hydrogen-bond donors (Lipinski definition) is 0. The van der Waals surface area contributed by atoms with E-state index < -0.39 is 5.60 Å². The Hall–Kier alpha value is -3.84. The number of benzene rings is 1. The molecule has 5 rings (SSSR count). The number of hydrogen-bond acceptors (Lipinski definition) is 6. The van der Waals surface area contributed by atoms with Crippen molar-refractivity contribution < 1.29 is 13.9 Å². The van der Waals surface area contributed by atoms with Gasteiger partial charge in [-0.15, -0.1) is 0 Å². The van der Waals surface area contributed by atoms with E-state index in [9.17, 15) is 14.4 Å². The Labute approximate surface area is 218 Å². The van der Waals surface area contributed by atoms with Gasteiger partial charge in [0.05, 0.1) is 29.5 Å². The number of piperidine rings is 1. The standard InChI is InChI=1S/C27H27FN6O2S/c1-27(2,3)36-26(35)32-10-6-7-21(17-32)33-16-20(14-30-33)18-11-24(37-23-9-5-4-8-22(23)28)25-19(12-29)13-31-34(25)15-18/h4-5,8-9,11,13-16,21H,6-7,10,17H2,1-3H3/t21-/m0/s1. The molecule has 8 nitrogen and oxygen atoms in total. The Bertz CT molecular complexity index is 1500. The van der Waals surface area contributed by atoms with Crippen molar-refractivity contribution in [1.82, 2.24) is 24.3 Å². The smallest absolute Gasteiger partial charge is 0.410 e. The minimum atomic E-state index is -0.544. The Morgan fingerprint density at radius 2 is 1.97 bits per heavy atom. The zero-order valence-corrected chi connectivity index (χ0v) is 21.7. The summed E-state index contributed by atoms with van der Waals surface area (Å²) < 4.78 is 23.5. The van der Waals surface area contributed by atoms with Crippen LogP contribution in [0.3, 0.4) is 0 Å². The number of nitrogens with zero attached hydrogens (tertiary/aromatic N) is 6. The van der Waals surface area contributed by atoms with Gasteiger partial charge in [-0.25, -0.2) is 13.7 Å². The first-order valence-electron chi connectivity index (χ1n) is 12.1. The predicted octanol–water partition coefficient (Wildman–Crippen LogP) is 5.93. The first kappa shape index (κ1) is 24.8. The van der Waals surface area contributed by atoms with Crippen molar-refractivity contribution in [3.63, 3.8) is 0 Å². The summed E-state index contributed by atoms with van der Waals surface area (Å²) in [6, 6.07) is 10.7. The van der Waals surface area contributed by atoms with Crippen molar-refractivity contribution in [2.75, 3.05) is 13.1 Å². The normalized spacial score (nSPS) is 16.1. The molecule has 0 bridgehead atoms. The molecule has 0 radical (unpaired) electrons. The molecule has 1 amide bonds. The van der Waals surface area contributed by atoms with Crippen LogP contribution in [-0.4, -0.2) is 49.1 Å². The van der Waals surface area contributed by atoms with E-state index in [2.05, 4.69) is 16.3 Å². The molecular formula is C27H27FN6O2S. The maximum atomic E-state index is 14.4. The van der Waals surface area contributed by atoms with Crippen molar-refractivity contribution in [3.05, 3.63) is 66.5 Å². The lowest BCUT2D eigenvalue weighted by Crippen LogP contribution is -2.43. The number of aromatic nitrogens is 4. The molecule has 3 aromatic heterocycles. The van der Waals surface area contributed by atoms with Gasteiger partial charge in [-0.1, -0.05) is 23.9 Å². The summed E-state index contributed by atoms with van der Waals surface area (Å²) in [6.45, 7) is 6.77. The van der Waals surface area contributed by atoms with Crippen LogP contribution in [0.4, 0.5) is 9.18 Å². The van der Waals surface area contributed by atoms with Crippen molar-refractivity contribution in [2.45, 2.75) is 55.0 Å². The first-order chi connectivity index (χ1) is 17.7. The van der Waals surface area contributed by atoms with Gasteiger partial charge in [-0.05, 0) is 51.8 Å². The van der Waals surface area contributed by atoms with Crippen LogP contribution in [-0.2, 0) is 4.74 Å². The maximum Gasteiger partial charge on any atom is 0.410 e. The Morgan fingerprint density at radius 1 is 1.16 bits per heavy atom. The number of halogens is 1. The van der Waals surface area contributed by atoms with Gasteiger partial charge >= 0.3 is 6.09 Å². The predicted molar refractivity (Wildman–Crippen MR) is 138 cm³/mol. The van der Waals surface area contributed by atoms with Gasteiger partial charge in [-0.2, -0.15) is 15.5 Å². The fourth-order valence-electron chi connectivity index (χ4n) is 4.40. The molecule has 37 heavy (non-hydrogen) atoms. The highest BCUT2D eigenvalue weighted by Crippen LogP contribution is 2.37. The SMILES string of the molecule is CC(C)(C)OC(=O)N1CCC[C@H](n2cc(-c3cc(Sc4ccccc4F)c4c(C#N)cnn4c3)cn2)C1. The van der Waals surface area contributed by atoms with Crippen LogP contribution in [0.5, 0.6) is 0 Å². The number of carbonyl (C=O) groups is 1. The highest BCUT2D eigenvalue weighted by atomic mass is 32.2. The van der Waals surface area contributed by atoms with Crippen LogP contribution in [0.2, 0.25) is 0 Å². The molecule has 190 valence electrons. The van der Waals surface area contributed by atoms with Gasteiger partial charge in [-0.3, -0.25) is 4.68 Å². The van der Waals surface area contributed by atoms with Gasteiger partial charge in [0.2, 0.25) is 0 Å². The highest BCUT2D eigenvalue weighted by Gasteiger charge is 2.29. The molecular weight excluding hydrogens is 491 g/mol. The molecule has 4 aromatic rings. The Balaban J connectivity index is 1.44. The second-order valence-corrected chi connectivity index (χ2v) is 11.1. The van der Waals surface area contributed by atoms with Gasteiger partial charge in [0.25, 0.3) is 0 Å². The lowest BCUT2D eigenvalue weighted by atomic mass is 10.1. The zero-order chi connectivity index (χ0) is 26.2. The molecule has 0 spiro atoms. The van der Waals surface area contributed by atoms with Gasteiger partial charge < -0.3 is 9.64 Å². The van der Waals surface area contributed by atoms with E-state index in [4.69, 9.17) is 4.74 Å². The number of likely N-dealkylation sites (tertiary alicyclic amines) is 1. The molecule has 0 aliphatic carbocycles. The molecule has 1 aromatic carbocycles. The third-order valence-corrected chi connectivity index (χ3v) is 7.19. The van der Waals surface area contributed by atoms with Crippen molar-refractivity contribution in [3.8, 4) is 17.2 Å². The van der Waals surface area contributed by atoms with E-state index in [-0.39, 0.29) is 18.0 Å². The van der Waals surface area contributed by atoms with E-state index in [1.54, 1.807) is 33.8 Å². The molecule has 0 saturated carbocycles. The highest BCUT2D eigenvalue weighted by molar-refractivity contribution is 7.99. The van der Waals surface area contributed by atoms with Crippen molar-refractivity contribution >= 4 is 23.4 Å². The third kappa shape index (κ3) is 5.32. The van der Waals surface area contributed by atoms with Crippen molar-refractivity contribution in [1.29, 1.82) is 5.26 Å². The number of amides is 1. The van der Waals surface area contributed by atoms with Gasteiger partial charge in [0.15, 0.2) is 0 Å². The van der Waals surface area contributed by atoms with Crippen LogP contribution in [0, 0.1) is 17.1 Å². The summed E-state index contributed by atoms with van der Waals surface area (Å²) in [7, 11) is 0. The maximum absolute atomic E-state index is 14.4. The van der Waals surface area contributed by atoms with Crippen LogP contribution in [0.1, 0.15) is 45.2 Å². The molecule has 0 N–H and O–H groups in total. The van der Waals surface area contributed by atoms with Crippen LogP contribution in [0.15, 0.2) is 64.9 Å². The lowest BCUT2D eigenvalue weighted by molar-refractivity contribution is 0.0167. The van der Waals surface area contributed by atoms with E-state index in [1.165, 1.54) is 24.0 Å². The van der Waals surface area contributed by atoms with E-state index in [1.807, 2.05) is 43.9 Å². The van der Waals surface area contributed by atoms with Crippen LogP contribution >= 0.6 is 11.8 Å². The number of ether oxygens (including phenoxy) is 1. The number of pyridine rings is 1. The monoisotopic (exact) mass is 518 g/mol. The average molecular weight is 519 g/mol. The Kier molecular flexibility index (Phi) is 6.65. The molecule has 4 heterocycles. The number of carbonyl (C=O) groups excluding carboxylic acids is 1. The molecule has 1 saturated heterocycles. The topological polar surface area (TPSA) is 88.5 Å². The second-order valence-electron chi connectivity index (χ2n) is 10.0. The second kappa shape index (κ2) is 9.90. The van der Waals surface area contributed by atoms with Gasteiger partial charge in [0, 0.05) is 46.4 Å². The third-order valence-electron chi connectivity index (χ3n) is 6.11. The van der Waals surface area contributed by atoms with Gasteiger partial charge in [0.1, 0.15) is 17.5 Å². The minimum Gasteiger partial charge on any atom is -0.444 e. The Morgan fingerprint density at radius 3 is 2.73 bits per heavy atom. The van der Waals surface area contributed by atoms with Crippen molar-refractivity contribution in [2.24, 2.45) is 0 Å². The fraction of sp³-hybridized carbons (Fsp3) is 0.333. The summed E-state index contributed by atoms with van der Waals surface area (Å²) in [6.07, 6.45) is 8.54. The quantitative estimate of drug-likeness (QED) is 0.333. The first-order valence-corrected chi connectivity index (χ1v) is 12.9. The lowest BCUT2D eigenvalue weighted by Gasteiger charge is -2.34. The van der Waals surface area contributed by atoms with E-state index in [0.29, 0.717) is 29.1 Å². The molecule has 0 unspecified atom stereocenters. The molecule has 1 aliphatic heterocycles. The fourth-order valence-corrected chi connectivity index (χ4v) is 5.43. The summed E-state index contributed by atoms with van der Waals surface area (Å²) in [5.41, 5.74) is 2.21.